The van der Waals surface area contributed by atoms with Crippen molar-refractivity contribution in [1.29, 1.82) is 0 Å². The molecule has 122 valence electrons. The Bertz CT molecular complexity index is 774. The van der Waals surface area contributed by atoms with E-state index in [0.29, 0.717) is 6.04 Å². The lowest BCUT2D eigenvalue weighted by Gasteiger charge is -2.11. The predicted molar refractivity (Wildman–Crippen MR) is 95.9 cm³/mol. The maximum absolute atomic E-state index is 4.83. The zero-order valence-corrected chi connectivity index (χ0v) is 13.7. The molecule has 1 aromatic carbocycles. The van der Waals surface area contributed by atoms with Gasteiger partial charge in [0.1, 0.15) is 0 Å². The maximum atomic E-state index is 4.83. The van der Waals surface area contributed by atoms with Gasteiger partial charge in [0.2, 0.25) is 0 Å². The summed E-state index contributed by atoms with van der Waals surface area (Å²) in [5.41, 5.74) is 4.38. The molecule has 0 saturated heterocycles. The fourth-order valence-corrected chi connectivity index (χ4v) is 3.38. The van der Waals surface area contributed by atoms with Crippen LogP contribution in [0.5, 0.6) is 0 Å². The Morgan fingerprint density at radius 1 is 1.04 bits per heavy atom. The third-order valence-corrected chi connectivity index (χ3v) is 4.68. The van der Waals surface area contributed by atoms with Crippen LogP contribution in [0.3, 0.4) is 0 Å². The van der Waals surface area contributed by atoms with E-state index in [2.05, 4.69) is 34.7 Å². The van der Waals surface area contributed by atoms with E-state index in [0.717, 1.165) is 23.5 Å². The zero-order valence-electron chi connectivity index (χ0n) is 13.7. The summed E-state index contributed by atoms with van der Waals surface area (Å²) < 4.78 is 1.97. The molecule has 2 heterocycles. The van der Waals surface area contributed by atoms with E-state index in [1.54, 1.807) is 6.20 Å². The number of para-hydroxylation sites is 1. The van der Waals surface area contributed by atoms with Crippen LogP contribution < -0.4 is 5.32 Å². The third kappa shape index (κ3) is 3.24. The molecular formula is C20H22N4. The van der Waals surface area contributed by atoms with Gasteiger partial charge in [-0.15, -0.1) is 0 Å². The first kappa shape index (κ1) is 15.1. The Labute approximate surface area is 142 Å². The molecule has 1 N–H and O–H groups in total. The van der Waals surface area contributed by atoms with Crippen molar-refractivity contribution in [2.75, 3.05) is 0 Å². The van der Waals surface area contributed by atoms with E-state index in [-0.39, 0.29) is 0 Å². The van der Waals surface area contributed by atoms with Crippen molar-refractivity contribution in [3.63, 3.8) is 0 Å². The van der Waals surface area contributed by atoms with Crippen LogP contribution >= 0.6 is 0 Å². The van der Waals surface area contributed by atoms with Gasteiger partial charge < -0.3 is 5.32 Å². The maximum Gasteiger partial charge on any atom is 0.0988 e. The Kier molecular flexibility index (Phi) is 4.38. The summed E-state index contributed by atoms with van der Waals surface area (Å²) in [6.07, 6.45) is 11.1. The number of nitrogens with zero attached hydrogens (tertiary/aromatic N) is 3. The highest BCUT2D eigenvalue weighted by molar-refractivity contribution is 5.62. The second-order valence-corrected chi connectivity index (χ2v) is 6.39. The van der Waals surface area contributed by atoms with Gasteiger partial charge in [0.15, 0.2) is 0 Å². The summed E-state index contributed by atoms with van der Waals surface area (Å²) in [6.45, 7) is 0.849. The van der Waals surface area contributed by atoms with E-state index >= 15 is 0 Å². The lowest BCUT2D eigenvalue weighted by atomic mass is 10.1. The van der Waals surface area contributed by atoms with Crippen LogP contribution in [0.15, 0.2) is 61.1 Å². The molecule has 1 saturated carbocycles. The van der Waals surface area contributed by atoms with Gasteiger partial charge in [-0.2, -0.15) is 5.10 Å². The van der Waals surface area contributed by atoms with Crippen molar-refractivity contribution >= 4 is 0 Å². The molecule has 0 spiro atoms. The number of benzene rings is 1. The molecule has 1 aliphatic rings. The molecule has 0 amide bonds. The minimum absolute atomic E-state index is 0.645. The van der Waals surface area contributed by atoms with Crippen molar-refractivity contribution in [3.8, 4) is 16.9 Å². The van der Waals surface area contributed by atoms with Gasteiger partial charge in [-0.25, -0.2) is 4.68 Å². The van der Waals surface area contributed by atoms with Crippen LogP contribution in [-0.4, -0.2) is 20.8 Å². The van der Waals surface area contributed by atoms with Gasteiger partial charge in [-0.1, -0.05) is 31.0 Å². The molecule has 3 aromatic rings. The Balaban J connectivity index is 1.65. The van der Waals surface area contributed by atoms with Gasteiger partial charge >= 0.3 is 0 Å². The summed E-state index contributed by atoms with van der Waals surface area (Å²) in [4.78, 5) is 4.25. The molecule has 4 heteroatoms. The summed E-state index contributed by atoms with van der Waals surface area (Å²) >= 11 is 0. The first-order valence-electron chi connectivity index (χ1n) is 8.68. The topological polar surface area (TPSA) is 42.7 Å². The molecule has 0 aliphatic heterocycles. The lowest BCUT2D eigenvalue weighted by Crippen LogP contribution is -2.25. The average molecular weight is 318 g/mol. The van der Waals surface area contributed by atoms with Gasteiger partial charge in [-0.3, -0.25) is 4.98 Å². The van der Waals surface area contributed by atoms with Gasteiger partial charge in [0.05, 0.1) is 11.4 Å². The quantitative estimate of drug-likeness (QED) is 0.774. The molecule has 0 bridgehead atoms. The smallest absolute Gasteiger partial charge is 0.0988 e. The number of pyridine rings is 1. The molecule has 0 radical (unpaired) electrons. The van der Waals surface area contributed by atoms with Crippen molar-refractivity contribution in [2.24, 2.45) is 0 Å². The molecule has 1 aliphatic carbocycles. The van der Waals surface area contributed by atoms with E-state index in [9.17, 15) is 0 Å². The highest BCUT2D eigenvalue weighted by atomic mass is 15.3. The first-order valence-corrected chi connectivity index (χ1v) is 8.68. The molecule has 0 atom stereocenters. The van der Waals surface area contributed by atoms with Crippen LogP contribution in [0, 0.1) is 0 Å². The average Bonchev–Trinajstić information content (AvgIpc) is 3.31. The highest BCUT2D eigenvalue weighted by Gasteiger charge is 2.17. The zero-order chi connectivity index (χ0) is 16.2. The molecule has 4 rings (SSSR count). The molecule has 24 heavy (non-hydrogen) atoms. The summed E-state index contributed by atoms with van der Waals surface area (Å²) in [5.74, 6) is 0. The van der Waals surface area contributed by atoms with Crippen LogP contribution in [0.25, 0.3) is 16.9 Å². The van der Waals surface area contributed by atoms with Crippen LogP contribution in [-0.2, 0) is 6.54 Å². The minimum atomic E-state index is 0.645. The minimum Gasteiger partial charge on any atom is -0.310 e. The summed E-state index contributed by atoms with van der Waals surface area (Å²) in [7, 11) is 0. The Morgan fingerprint density at radius 3 is 2.62 bits per heavy atom. The number of hydrogen-bond acceptors (Lipinski definition) is 3. The van der Waals surface area contributed by atoms with Crippen molar-refractivity contribution < 1.29 is 0 Å². The van der Waals surface area contributed by atoms with Crippen LogP contribution in [0.1, 0.15) is 31.2 Å². The molecular weight excluding hydrogens is 296 g/mol. The fraction of sp³-hybridized carbons (Fsp3) is 0.300. The molecule has 1 fully saturated rings. The van der Waals surface area contributed by atoms with Gasteiger partial charge in [-0.05, 0) is 37.1 Å². The fourth-order valence-electron chi connectivity index (χ4n) is 3.38. The number of nitrogens with one attached hydrogen (secondary N) is 1. The van der Waals surface area contributed by atoms with Gasteiger partial charge in [0, 0.05) is 42.3 Å². The number of aromatic nitrogens is 3. The SMILES string of the molecule is c1ccc(-n2cc(CNC3CCCC3)c(-c3cccnc3)n2)cc1. The molecule has 2 aromatic heterocycles. The van der Waals surface area contributed by atoms with Crippen molar-refractivity contribution in [1.82, 2.24) is 20.1 Å². The predicted octanol–water partition coefficient (Wildman–Crippen LogP) is 3.97. The Morgan fingerprint density at radius 2 is 1.88 bits per heavy atom. The van der Waals surface area contributed by atoms with Crippen LogP contribution in [0.4, 0.5) is 0 Å². The standard InChI is InChI=1S/C20H22N4/c1-2-10-19(11-3-1)24-15-17(14-22-18-8-4-5-9-18)20(23-24)16-7-6-12-21-13-16/h1-3,6-7,10-13,15,18,22H,4-5,8-9,14H2. The lowest BCUT2D eigenvalue weighted by molar-refractivity contribution is 0.524. The first-order chi connectivity index (χ1) is 11.9. The Hall–Kier alpha value is -2.46. The number of rotatable bonds is 5. The van der Waals surface area contributed by atoms with Crippen molar-refractivity contribution in [3.05, 3.63) is 66.6 Å². The van der Waals surface area contributed by atoms with E-state index in [1.807, 2.05) is 35.1 Å². The second kappa shape index (κ2) is 6.97. The monoisotopic (exact) mass is 318 g/mol. The van der Waals surface area contributed by atoms with Crippen LogP contribution in [0.2, 0.25) is 0 Å². The van der Waals surface area contributed by atoms with Crippen molar-refractivity contribution in [2.45, 2.75) is 38.3 Å². The molecule has 0 unspecified atom stereocenters. The second-order valence-electron chi connectivity index (χ2n) is 6.39. The third-order valence-electron chi connectivity index (χ3n) is 4.68. The number of hydrogen-bond donors (Lipinski definition) is 1. The largest absolute Gasteiger partial charge is 0.310 e. The summed E-state index contributed by atoms with van der Waals surface area (Å²) in [6, 6.07) is 14.9. The normalized spacial score (nSPS) is 15.0. The van der Waals surface area contributed by atoms with Gasteiger partial charge in [0.25, 0.3) is 0 Å². The van der Waals surface area contributed by atoms with E-state index in [4.69, 9.17) is 5.10 Å². The molecule has 4 nitrogen and oxygen atoms in total. The summed E-state index contributed by atoms with van der Waals surface area (Å²) in [5, 5.41) is 8.53. The van der Waals surface area contributed by atoms with E-state index in [1.165, 1.54) is 31.2 Å². The van der Waals surface area contributed by atoms with E-state index < -0.39 is 0 Å². The highest BCUT2D eigenvalue weighted by Crippen LogP contribution is 2.24.